The van der Waals surface area contributed by atoms with E-state index in [-0.39, 0.29) is 24.0 Å². The summed E-state index contributed by atoms with van der Waals surface area (Å²) in [4.78, 5) is 7.18. The number of guanidine groups is 1. The molecule has 0 aliphatic heterocycles. The minimum atomic E-state index is 0. The molecule has 1 aromatic carbocycles. The normalized spacial score (nSPS) is 14.8. The molecule has 160 valence electrons. The van der Waals surface area contributed by atoms with E-state index in [0.29, 0.717) is 13.2 Å². The quantitative estimate of drug-likeness (QED) is 0.207. The van der Waals surface area contributed by atoms with Crippen LogP contribution in [0.25, 0.3) is 0 Å². The van der Waals surface area contributed by atoms with E-state index >= 15 is 0 Å². The Hall–Kier alpha value is -1.06. The van der Waals surface area contributed by atoms with E-state index in [1.807, 2.05) is 24.3 Å². The van der Waals surface area contributed by atoms with Crippen molar-refractivity contribution in [2.75, 3.05) is 52.3 Å². The molecule has 7 heteroatoms. The van der Waals surface area contributed by atoms with Gasteiger partial charge in [0.15, 0.2) is 5.96 Å². The van der Waals surface area contributed by atoms with Gasteiger partial charge in [0.05, 0.1) is 13.2 Å². The van der Waals surface area contributed by atoms with Gasteiger partial charge in [0.1, 0.15) is 5.75 Å². The van der Waals surface area contributed by atoms with Crippen molar-refractivity contribution >= 4 is 35.6 Å². The van der Waals surface area contributed by atoms with Crippen LogP contribution in [0.1, 0.15) is 39.0 Å². The van der Waals surface area contributed by atoms with Crippen LogP contribution in [0.4, 0.5) is 5.69 Å². The summed E-state index contributed by atoms with van der Waals surface area (Å²) in [5, 5.41) is 6.70. The van der Waals surface area contributed by atoms with Crippen LogP contribution in [-0.2, 0) is 4.74 Å². The first-order valence-corrected chi connectivity index (χ1v) is 10.2. The second-order valence-electron chi connectivity index (χ2n) is 7.03. The molecule has 0 radical (unpaired) electrons. The molecule has 1 aliphatic carbocycles. The third kappa shape index (κ3) is 9.43. The maximum atomic E-state index is 5.77. The number of hydrogen-bond donors (Lipinski definition) is 2. The van der Waals surface area contributed by atoms with Crippen molar-refractivity contribution in [3.05, 3.63) is 24.3 Å². The Morgan fingerprint density at radius 3 is 2.75 bits per heavy atom. The van der Waals surface area contributed by atoms with E-state index in [2.05, 4.69) is 29.5 Å². The highest BCUT2D eigenvalue weighted by atomic mass is 127. The number of benzene rings is 1. The van der Waals surface area contributed by atoms with Crippen molar-refractivity contribution in [3.63, 3.8) is 0 Å². The summed E-state index contributed by atoms with van der Waals surface area (Å²) in [6.07, 6.45) is 6.27. The second-order valence-corrected chi connectivity index (χ2v) is 7.03. The number of halogens is 1. The highest BCUT2D eigenvalue weighted by molar-refractivity contribution is 14.0. The molecule has 0 amide bonds. The number of aliphatic imine (C=N–C) groups is 1. The van der Waals surface area contributed by atoms with Crippen LogP contribution in [-0.4, -0.2) is 63.9 Å². The van der Waals surface area contributed by atoms with Gasteiger partial charge in [-0.3, -0.25) is 4.99 Å². The maximum absolute atomic E-state index is 5.77. The van der Waals surface area contributed by atoms with Gasteiger partial charge < -0.3 is 25.0 Å². The molecule has 2 rings (SSSR count). The van der Waals surface area contributed by atoms with E-state index in [4.69, 9.17) is 14.5 Å². The average molecular weight is 504 g/mol. The molecule has 1 saturated carbocycles. The van der Waals surface area contributed by atoms with Crippen molar-refractivity contribution in [2.24, 2.45) is 4.99 Å². The summed E-state index contributed by atoms with van der Waals surface area (Å²) in [5.74, 6) is 1.67. The minimum Gasteiger partial charge on any atom is -0.493 e. The molecule has 0 heterocycles. The van der Waals surface area contributed by atoms with Gasteiger partial charge in [0, 0.05) is 51.0 Å². The standard InChI is InChI=1S/C21H36N4O2.HI/c1-4-22-21(23-13-14-25(2)19-10-5-6-11-19)24-18-9-7-12-20(17-18)27-16-8-15-26-3;/h7,9,12,17,19H,4-6,8,10-11,13-16H2,1-3H3,(H2,22,23,24);1H. The van der Waals surface area contributed by atoms with Gasteiger partial charge in [-0.25, -0.2) is 0 Å². The number of ether oxygens (including phenoxy) is 2. The van der Waals surface area contributed by atoms with Gasteiger partial charge in [-0.15, -0.1) is 24.0 Å². The first-order chi connectivity index (χ1) is 13.2. The highest BCUT2D eigenvalue weighted by Crippen LogP contribution is 2.22. The molecule has 2 N–H and O–H groups in total. The number of likely N-dealkylation sites (N-methyl/N-ethyl adjacent to an activating group) is 1. The zero-order valence-electron chi connectivity index (χ0n) is 17.6. The third-order valence-corrected chi connectivity index (χ3v) is 4.87. The van der Waals surface area contributed by atoms with Crippen LogP contribution >= 0.6 is 24.0 Å². The Kier molecular flexibility index (Phi) is 13.3. The summed E-state index contributed by atoms with van der Waals surface area (Å²) in [6.45, 7) is 6.05. The monoisotopic (exact) mass is 504 g/mol. The third-order valence-electron chi connectivity index (χ3n) is 4.87. The molecule has 1 fully saturated rings. The number of methoxy groups -OCH3 is 1. The summed E-state index contributed by atoms with van der Waals surface area (Å²) in [6, 6.07) is 8.73. The Labute approximate surface area is 187 Å². The lowest BCUT2D eigenvalue weighted by atomic mass is 10.2. The Bertz CT molecular complexity index is 565. The summed E-state index contributed by atoms with van der Waals surface area (Å²) in [7, 11) is 3.92. The average Bonchev–Trinajstić information content (AvgIpc) is 3.21. The summed E-state index contributed by atoms with van der Waals surface area (Å²) in [5.41, 5.74) is 0.975. The van der Waals surface area contributed by atoms with Gasteiger partial charge in [-0.2, -0.15) is 0 Å². The van der Waals surface area contributed by atoms with Crippen molar-refractivity contribution in [2.45, 2.75) is 45.1 Å². The predicted molar refractivity (Wildman–Crippen MR) is 128 cm³/mol. The highest BCUT2D eigenvalue weighted by Gasteiger charge is 2.18. The van der Waals surface area contributed by atoms with E-state index < -0.39 is 0 Å². The van der Waals surface area contributed by atoms with Gasteiger partial charge in [0.25, 0.3) is 0 Å². The van der Waals surface area contributed by atoms with Gasteiger partial charge in [-0.05, 0) is 38.9 Å². The van der Waals surface area contributed by atoms with Crippen LogP contribution in [0.5, 0.6) is 5.75 Å². The van der Waals surface area contributed by atoms with Crippen LogP contribution < -0.4 is 15.4 Å². The Balaban J connectivity index is 0.00000392. The van der Waals surface area contributed by atoms with Crippen molar-refractivity contribution in [1.29, 1.82) is 0 Å². The van der Waals surface area contributed by atoms with Crippen LogP contribution in [0.2, 0.25) is 0 Å². The Morgan fingerprint density at radius 2 is 2.04 bits per heavy atom. The number of nitrogens with zero attached hydrogens (tertiary/aromatic N) is 2. The molecule has 0 aromatic heterocycles. The van der Waals surface area contributed by atoms with Crippen LogP contribution in [0.15, 0.2) is 29.3 Å². The topological polar surface area (TPSA) is 58.1 Å². The summed E-state index contributed by atoms with van der Waals surface area (Å²) < 4.78 is 10.8. The molecule has 0 saturated heterocycles. The van der Waals surface area contributed by atoms with Crippen molar-refractivity contribution in [3.8, 4) is 5.75 Å². The lowest BCUT2D eigenvalue weighted by Crippen LogP contribution is -2.34. The first-order valence-electron chi connectivity index (χ1n) is 10.2. The molecule has 0 spiro atoms. The van der Waals surface area contributed by atoms with Gasteiger partial charge in [0.2, 0.25) is 0 Å². The second kappa shape index (κ2) is 14.9. The van der Waals surface area contributed by atoms with Gasteiger partial charge >= 0.3 is 0 Å². The van der Waals surface area contributed by atoms with Crippen molar-refractivity contribution < 1.29 is 9.47 Å². The molecular formula is C21H37IN4O2. The maximum Gasteiger partial charge on any atom is 0.195 e. The largest absolute Gasteiger partial charge is 0.493 e. The minimum absolute atomic E-state index is 0. The number of hydrogen-bond acceptors (Lipinski definition) is 4. The molecule has 1 aromatic rings. The summed E-state index contributed by atoms with van der Waals surface area (Å²) >= 11 is 0. The lowest BCUT2D eigenvalue weighted by Gasteiger charge is -2.23. The van der Waals surface area contributed by atoms with E-state index in [1.54, 1.807) is 7.11 Å². The van der Waals surface area contributed by atoms with E-state index in [0.717, 1.165) is 49.5 Å². The first kappa shape index (κ1) is 25.0. The van der Waals surface area contributed by atoms with Crippen molar-refractivity contribution in [1.82, 2.24) is 10.2 Å². The molecular weight excluding hydrogens is 467 g/mol. The zero-order chi connectivity index (χ0) is 19.3. The number of anilines is 1. The molecule has 6 nitrogen and oxygen atoms in total. The fourth-order valence-corrected chi connectivity index (χ4v) is 3.35. The molecule has 28 heavy (non-hydrogen) atoms. The van der Waals surface area contributed by atoms with E-state index in [1.165, 1.54) is 25.7 Å². The SMILES string of the molecule is CCNC(=NCCN(C)C1CCCC1)Nc1cccc(OCCCOC)c1.I. The molecule has 0 atom stereocenters. The molecule has 1 aliphatic rings. The molecule has 0 bridgehead atoms. The predicted octanol–water partition coefficient (Wildman–Crippen LogP) is 3.97. The Morgan fingerprint density at radius 1 is 1.25 bits per heavy atom. The fraction of sp³-hybridized carbons (Fsp3) is 0.667. The van der Waals surface area contributed by atoms with Crippen LogP contribution in [0.3, 0.4) is 0 Å². The fourth-order valence-electron chi connectivity index (χ4n) is 3.35. The zero-order valence-corrected chi connectivity index (χ0v) is 19.9. The lowest BCUT2D eigenvalue weighted by molar-refractivity contribution is 0.172. The smallest absolute Gasteiger partial charge is 0.195 e. The number of rotatable bonds is 11. The number of nitrogens with one attached hydrogen (secondary N) is 2. The van der Waals surface area contributed by atoms with Crippen LogP contribution in [0, 0.1) is 0 Å². The van der Waals surface area contributed by atoms with Gasteiger partial charge in [-0.1, -0.05) is 18.9 Å². The molecule has 0 unspecified atom stereocenters. The van der Waals surface area contributed by atoms with E-state index in [9.17, 15) is 0 Å².